The molecule has 0 unspecified atom stereocenters. The fraction of sp³-hybridized carbons (Fsp3) is 0.917. The summed E-state index contributed by atoms with van der Waals surface area (Å²) in [6.45, 7) is 9.03. The van der Waals surface area contributed by atoms with Gasteiger partial charge in [-0.05, 0) is 7.05 Å². The molecule has 98 valence electrons. The second kappa shape index (κ2) is 6.33. The monoisotopic (exact) mass is 240 g/mol. The molecule has 0 radical (unpaired) electrons. The number of likely N-dealkylation sites (N-methyl/N-ethyl adjacent to an activating group) is 1. The van der Waals surface area contributed by atoms with Crippen LogP contribution >= 0.6 is 0 Å². The Morgan fingerprint density at radius 2 is 1.71 bits per heavy atom. The summed E-state index contributed by atoms with van der Waals surface area (Å²) in [4.78, 5) is 18.7. The molecule has 2 heterocycles. The first-order chi connectivity index (χ1) is 8.25. The molecule has 2 aliphatic rings. The highest BCUT2D eigenvalue weighted by Gasteiger charge is 2.18. The fourth-order valence-corrected chi connectivity index (χ4v) is 2.40. The SMILES string of the molecule is CN1CCN(CCC(=O)N2CCNCC2)CC1. The minimum Gasteiger partial charge on any atom is -0.340 e. The van der Waals surface area contributed by atoms with E-state index in [0.717, 1.165) is 58.9 Å². The van der Waals surface area contributed by atoms with Gasteiger partial charge in [-0.15, -0.1) is 0 Å². The number of rotatable bonds is 3. The molecular formula is C12H24N4O. The van der Waals surface area contributed by atoms with Gasteiger partial charge in [-0.3, -0.25) is 4.79 Å². The average Bonchev–Trinajstić information content (AvgIpc) is 2.39. The number of nitrogens with one attached hydrogen (secondary N) is 1. The van der Waals surface area contributed by atoms with E-state index in [1.807, 2.05) is 4.90 Å². The number of carbonyl (C=O) groups excluding carboxylic acids is 1. The second-order valence-electron chi connectivity index (χ2n) is 5.03. The Labute approximate surface area is 104 Å². The second-order valence-corrected chi connectivity index (χ2v) is 5.03. The summed E-state index contributed by atoms with van der Waals surface area (Å²) in [5.74, 6) is 0.324. The molecule has 2 rings (SSSR count). The quantitative estimate of drug-likeness (QED) is 0.691. The van der Waals surface area contributed by atoms with Gasteiger partial charge in [0.25, 0.3) is 0 Å². The van der Waals surface area contributed by atoms with Gasteiger partial charge in [0.2, 0.25) is 5.91 Å². The van der Waals surface area contributed by atoms with Crippen LogP contribution in [-0.4, -0.2) is 86.6 Å². The van der Waals surface area contributed by atoms with Gasteiger partial charge in [-0.25, -0.2) is 0 Å². The van der Waals surface area contributed by atoms with Crippen LogP contribution in [0.15, 0.2) is 0 Å². The van der Waals surface area contributed by atoms with Crippen molar-refractivity contribution in [2.45, 2.75) is 6.42 Å². The van der Waals surface area contributed by atoms with Crippen LogP contribution in [0.25, 0.3) is 0 Å². The zero-order valence-electron chi connectivity index (χ0n) is 10.8. The number of hydrogen-bond donors (Lipinski definition) is 1. The standard InChI is InChI=1S/C12H24N4O/c1-14-8-10-15(11-9-14)5-2-12(17)16-6-3-13-4-7-16/h13H,2-11H2,1H3. The van der Waals surface area contributed by atoms with E-state index in [0.29, 0.717) is 12.3 Å². The maximum atomic E-state index is 12.0. The van der Waals surface area contributed by atoms with Crippen molar-refractivity contribution < 1.29 is 4.79 Å². The first-order valence-electron chi connectivity index (χ1n) is 6.65. The Morgan fingerprint density at radius 1 is 1.06 bits per heavy atom. The molecule has 0 aromatic heterocycles. The number of nitrogens with zero attached hydrogens (tertiary/aromatic N) is 3. The van der Waals surface area contributed by atoms with Gasteiger partial charge < -0.3 is 20.0 Å². The molecule has 0 spiro atoms. The van der Waals surface area contributed by atoms with Crippen molar-refractivity contribution in [1.82, 2.24) is 20.0 Å². The van der Waals surface area contributed by atoms with Gasteiger partial charge in [-0.2, -0.15) is 0 Å². The first kappa shape index (κ1) is 12.8. The fourth-order valence-electron chi connectivity index (χ4n) is 2.40. The molecule has 0 aromatic carbocycles. The normalized spacial score (nSPS) is 23.9. The topological polar surface area (TPSA) is 38.8 Å². The van der Waals surface area contributed by atoms with E-state index in [4.69, 9.17) is 0 Å². The van der Waals surface area contributed by atoms with Crippen molar-refractivity contribution in [3.05, 3.63) is 0 Å². The maximum Gasteiger partial charge on any atom is 0.223 e. The van der Waals surface area contributed by atoms with Crippen LogP contribution in [0.5, 0.6) is 0 Å². The highest BCUT2D eigenvalue weighted by atomic mass is 16.2. The van der Waals surface area contributed by atoms with E-state index >= 15 is 0 Å². The molecule has 5 heteroatoms. The smallest absolute Gasteiger partial charge is 0.223 e. The van der Waals surface area contributed by atoms with Crippen molar-refractivity contribution in [3.63, 3.8) is 0 Å². The first-order valence-corrected chi connectivity index (χ1v) is 6.65. The predicted molar refractivity (Wildman–Crippen MR) is 68.0 cm³/mol. The third-order valence-corrected chi connectivity index (χ3v) is 3.71. The van der Waals surface area contributed by atoms with E-state index < -0.39 is 0 Å². The van der Waals surface area contributed by atoms with Crippen LogP contribution in [0.1, 0.15) is 6.42 Å². The number of hydrogen-bond acceptors (Lipinski definition) is 4. The van der Waals surface area contributed by atoms with Crippen molar-refractivity contribution in [2.75, 3.05) is 66.0 Å². The predicted octanol–water partition coefficient (Wildman–Crippen LogP) is -0.944. The Balaban J connectivity index is 1.65. The summed E-state index contributed by atoms with van der Waals surface area (Å²) in [6.07, 6.45) is 0.684. The van der Waals surface area contributed by atoms with Gasteiger partial charge in [0.1, 0.15) is 0 Å². The molecule has 0 saturated carbocycles. The van der Waals surface area contributed by atoms with Crippen molar-refractivity contribution in [2.24, 2.45) is 0 Å². The summed E-state index contributed by atoms with van der Waals surface area (Å²) in [7, 11) is 2.16. The molecular weight excluding hydrogens is 216 g/mol. The van der Waals surface area contributed by atoms with Crippen LogP contribution in [0.4, 0.5) is 0 Å². The van der Waals surface area contributed by atoms with Crippen LogP contribution in [0.3, 0.4) is 0 Å². The van der Waals surface area contributed by atoms with E-state index in [2.05, 4.69) is 22.2 Å². The van der Waals surface area contributed by atoms with Crippen molar-refractivity contribution in [1.29, 1.82) is 0 Å². The molecule has 0 aromatic rings. The van der Waals surface area contributed by atoms with Crippen LogP contribution in [0, 0.1) is 0 Å². The van der Waals surface area contributed by atoms with Crippen molar-refractivity contribution in [3.8, 4) is 0 Å². The zero-order chi connectivity index (χ0) is 12.1. The zero-order valence-corrected chi connectivity index (χ0v) is 10.8. The third kappa shape index (κ3) is 3.94. The molecule has 17 heavy (non-hydrogen) atoms. The lowest BCUT2D eigenvalue weighted by Gasteiger charge is -2.33. The van der Waals surface area contributed by atoms with Gasteiger partial charge in [-0.1, -0.05) is 0 Å². The Kier molecular flexibility index (Phi) is 4.76. The molecule has 0 atom stereocenters. The molecule has 1 amide bonds. The van der Waals surface area contributed by atoms with Gasteiger partial charge in [0.15, 0.2) is 0 Å². The third-order valence-electron chi connectivity index (χ3n) is 3.71. The minimum atomic E-state index is 0.324. The molecule has 0 bridgehead atoms. The molecule has 2 fully saturated rings. The average molecular weight is 240 g/mol. The summed E-state index contributed by atoms with van der Waals surface area (Å²) < 4.78 is 0. The molecule has 2 aliphatic heterocycles. The summed E-state index contributed by atoms with van der Waals surface area (Å²) >= 11 is 0. The Hall–Kier alpha value is -0.650. The summed E-state index contributed by atoms with van der Waals surface area (Å²) in [5, 5.41) is 3.27. The summed E-state index contributed by atoms with van der Waals surface area (Å²) in [5.41, 5.74) is 0. The lowest BCUT2D eigenvalue weighted by atomic mass is 10.2. The van der Waals surface area contributed by atoms with Gasteiger partial charge in [0, 0.05) is 65.3 Å². The van der Waals surface area contributed by atoms with Gasteiger partial charge >= 0.3 is 0 Å². The molecule has 5 nitrogen and oxygen atoms in total. The largest absolute Gasteiger partial charge is 0.340 e. The van der Waals surface area contributed by atoms with E-state index in [1.165, 1.54) is 0 Å². The Bertz CT molecular complexity index is 245. The molecule has 0 aliphatic carbocycles. The lowest BCUT2D eigenvalue weighted by Crippen LogP contribution is -2.48. The molecule has 2 saturated heterocycles. The van der Waals surface area contributed by atoms with E-state index in [9.17, 15) is 4.79 Å². The minimum absolute atomic E-state index is 0.324. The van der Waals surface area contributed by atoms with Gasteiger partial charge in [0.05, 0.1) is 0 Å². The highest BCUT2D eigenvalue weighted by molar-refractivity contribution is 5.76. The number of piperazine rings is 2. The molecule has 1 N–H and O–H groups in total. The highest BCUT2D eigenvalue weighted by Crippen LogP contribution is 2.03. The number of carbonyl (C=O) groups is 1. The van der Waals surface area contributed by atoms with E-state index in [-0.39, 0.29) is 0 Å². The Morgan fingerprint density at radius 3 is 2.35 bits per heavy atom. The van der Waals surface area contributed by atoms with Crippen LogP contribution < -0.4 is 5.32 Å². The number of amides is 1. The van der Waals surface area contributed by atoms with Crippen molar-refractivity contribution >= 4 is 5.91 Å². The van der Waals surface area contributed by atoms with Crippen LogP contribution in [-0.2, 0) is 4.79 Å². The van der Waals surface area contributed by atoms with Crippen LogP contribution in [0.2, 0.25) is 0 Å². The summed E-state index contributed by atoms with van der Waals surface area (Å²) in [6, 6.07) is 0. The lowest BCUT2D eigenvalue weighted by molar-refractivity contribution is -0.132. The maximum absolute atomic E-state index is 12.0. The van der Waals surface area contributed by atoms with E-state index in [1.54, 1.807) is 0 Å².